The van der Waals surface area contributed by atoms with Gasteiger partial charge in [-0.25, -0.2) is 9.97 Å². The number of rotatable bonds is 4. The van der Waals surface area contributed by atoms with E-state index in [1.165, 1.54) is 6.33 Å². The van der Waals surface area contributed by atoms with Gasteiger partial charge in [0.2, 0.25) is 5.88 Å². The van der Waals surface area contributed by atoms with Crippen molar-refractivity contribution in [3.63, 3.8) is 0 Å². The first-order valence-corrected chi connectivity index (χ1v) is 7.22. The van der Waals surface area contributed by atoms with Gasteiger partial charge in [0.15, 0.2) is 0 Å². The Balaban J connectivity index is 1.89. The number of benzene rings is 1. The molecular weight excluding hydrogens is 272 g/mol. The number of nitrogens with zero attached hydrogens (tertiary/aromatic N) is 2. The highest BCUT2D eigenvalue weighted by Crippen LogP contribution is 2.32. The number of aryl methyl sites for hydroxylation is 1. The third-order valence-electron chi connectivity index (χ3n) is 3.04. The van der Waals surface area contributed by atoms with E-state index in [9.17, 15) is 0 Å². The SMILES string of the molecule is Cc1csc2c(Oc3ccc(CCO)cc3)ncnc12. The Morgan fingerprint density at radius 3 is 2.75 bits per heavy atom. The van der Waals surface area contributed by atoms with Gasteiger partial charge in [0.05, 0.1) is 5.52 Å². The maximum absolute atomic E-state index is 8.90. The number of aromatic nitrogens is 2. The van der Waals surface area contributed by atoms with E-state index < -0.39 is 0 Å². The van der Waals surface area contributed by atoms with Crippen LogP contribution in [0.25, 0.3) is 10.2 Å². The van der Waals surface area contributed by atoms with Crippen LogP contribution in [0.4, 0.5) is 0 Å². The molecule has 0 amide bonds. The summed E-state index contributed by atoms with van der Waals surface area (Å²) in [4.78, 5) is 8.48. The minimum Gasteiger partial charge on any atom is -0.437 e. The molecule has 2 aromatic heterocycles. The molecule has 1 N–H and O–H groups in total. The van der Waals surface area contributed by atoms with Gasteiger partial charge < -0.3 is 9.84 Å². The summed E-state index contributed by atoms with van der Waals surface area (Å²) in [5.41, 5.74) is 3.16. The molecule has 0 unspecified atom stereocenters. The quantitative estimate of drug-likeness (QED) is 0.799. The van der Waals surface area contributed by atoms with Gasteiger partial charge in [-0.1, -0.05) is 12.1 Å². The number of aliphatic hydroxyl groups is 1. The van der Waals surface area contributed by atoms with Gasteiger partial charge in [-0.3, -0.25) is 0 Å². The number of ether oxygens (including phenoxy) is 1. The molecule has 0 saturated heterocycles. The monoisotopic (exact) mass is 286 g/mol. The summed E-state index contributed by atoms with van der Waals surface area (Å²) >= 11 is 1.59. The number of fused-ring (bicyclic) bond motifs is 1. The summed E-state index contributed by atoms with van der Waals surface area (Å²) in [5.74, 6) is 1.32. The van der Waals surface area contributed by atoms with Crippen molar-refractivity contribution in [2.24, 2.45) is 0 Å². The zero-order valence-electron chi connectivity index (χ0n) is 11.0. The molecule has 4 nitrogen and oxygen atoms in total. The number of hydrogen-bond acceptors (Lipinski definition) is 5. The van der Waals surface area contributed by atoms with E-state index in [1.54, 1.807) is 11.3 Å². The van der Waals surface area contributed by atoms with Crippen LogP contribution in [0.3, 0.4) is 0 Å². The largest absolute Gasteiger partial charge is 0.437 e. The molecule has 2 heterocycles. The van der Waals surface area contributed by atoms with Crippen LogP contribution in [-0.2, 0) is 6.42 Å². The summed E-state index contributed by atoms with van der Waals surface area (Å²) < 4.78 is 6.80. The number of thiophene rings is 1. The predicted molar refractivity (Wildman–Crippen MR) is 79.5 cm³/mol. The van der Waals surface area contributed by atoms with Crippen molar-refractivity contribution in [1.82, 2.24) is 9.97 Å². The van der Waals surface area contributed by atoms with Gasteiger partial charge in [-0.05, 0) is 42.0 Å². The highest BCUT2D eigenvalue weighted by atomic mass is 32.1. The molecule has 0 saturated carbocycles. The maximum Gasteiger partial charge on any atom is 0.240 e. The molecule has 20 heavy (non-hydrogen) atoms. The third-order valence-corrected chi connectivity index (χ3v) is 4.11. The summed E-state index contributed by atoms with van der Waals surface area (Å²) in [5, 5.41) is 11.0. The van der Waals surface area contributed by atoms with E-state index in [0.29, 0.717) is 12.3 Å². The van der Waals surface area contributed by atoms with E-state index in [2.05, 4.69) is 15.3 Å². The fraction of sp³-hybridized carbons (Fsp3) is 0.200. The van der Waals surface area contributed by atoms with Crippen molar-refractivity contribution in [1.29, 1.82) is 0 Å². The Hall–Kier alpha value is -1.98. The molecule has 3 rings (SSSR count). The Bertz CT molecular complexity index is 722. The fourth-order valence-corrected chi connectivity index (χ4v) is 2.91. The van der Waals surface area contributed by atoms with Gasteiger partial charge in [0.1, 0.15) is 16.8 Å². The molecule has 0 radical (unpaired) electrons. The van der Waals surface area contributed by atoms with Crippen molar-refractivity contribution in [2.45, 2.75) is 13.3 Å². The molecule has 102 valence electrons. The average Bonchev–Trinajstić information content (AvgIpc) is 2.84. The molecule has 0 spiro atoms. The van der Waals surface area contributed by atoms with E-state index in [-0.39, 0.29) is 6.61 Å². The van der Waals surface area contributed by atoms with Gasteiger partial charge in [0.25, 0.3) is 0 Å². The zero-order chi connectivity index (χ0) is 13.9. The second-order valence-electron chi connectivity index (χ2n) is 4.49. The highest BCUT2D eigenvalue weighted by molar-refractivity contribution is 7.17. The molecule has 3 aromatic rings. The molecule has 0 atom stereocenters. The van der Waals surface area contributed by atoms with E-state index in [4.69, 9.17) is 9.84 Å². The van der Waals surface area contributed by atoms with Crippen molar-refractivity contribution >= 4 is 21.6 Å². The first kappa shape index (κ1) is 13.0. The second kappa shape index (κ2) is 5.56. The summed E-state index contributed by atoms with van der Waals surface area (Å²) in [6.45, 7) is 2.18. The second-order valence-corrected chi connectivity index (χ2v) is 5.37. The summed E-state index contributed by atoms with van der Waals surface area (Å²) in [7, 11) is 0. The normalized spacial score (nSPS) is 10.9. The zero-order valence-corrected chi connectivity index (χ0v) is 11.9. The Morgan fingerprint density at radius 2 is 2.00 bits per heavy atom. The standard InChI is InChI=1S/C15H14N2O2S/c1-10-8-20-14-13(10)16-9-17-15(14)19-12-4-2-11(3-5-12)6-7-18/h2-5,8-9,18H,6-7H2,1H3. The average molecular weight is 286 g/mol. The van der Waals surface area contributed by atoms with E-state index in [1.807, 2.05) is 31.2 Å². The predicted octanol–water partition coefficient (Wildman–Crippen LogP) is 3.33. The minimum atomic E-state index is 0.154. The molecular formula is C15H14N2O2S. The molecule has 1 aromatic carbocycles. The van der Waals surface area contributed by atoms with Gasteiger partial charge in [0, 0.05) is 6.61 Å². The number of aliphatic hydroxyl groups excluding tert-OH is 1. The molecule has 5 heteroatoms. The van der Waals surface area contributed by atoms with Crippen LogP contribution >= 0.6 is 11.3 Å². The van der Waals surface area contributed by atoms with Crippen molar-refractivity contribution in [2.75, 3.05) is 6.61 Å². The third kappa shape index (κ3) is 2.50. The van der Waals surface area contributed by atoms with Crippen LogP contribution < -0.4 is 4.74 Å². The van der Waals surface area contributed by atoms with Gasteiger partial charge in [-0.2, -0.15) is 0 Å². The first-order chi connectivity index (χ1) is 9.78. The number of hydrogen-bond donors (Lipinski definition) is 1. The topological polar surface area (TPSA) is 55.2 Å². The van der Waals surface area contributed by atoms with Crippen LogP contribution in [-0.4, -0.2) is 21.7 Å². The summed E-state index contributed by atoms with van der Waals surface area (Å²) in [6.07, 6.45) is 2.18. The van der Waals surface area contributed by atoms with Crippen molar-refractivity contribution < 1.29 is 9.84 Å². The lowest BCUT2D eigenvalue weighted by atomic mass is 10.1. The molecule has 0 bridgehead atoms. The van der Waals surface area contributed by atoms with Crippen LogP contribution in [0.2, 0.25) is 0 Å². The Kier molecular flexibility index (Phi) is 3.62. The molecule has 0 aliphatic carbocycles. The first-order valence-electron chi connectivity index (χ1n) is 6.34. The van der Waals surface area contributed by atoms with Crippen LogP contribution in [0.1, 0.15) is 11.1 Å². The molecule has 0 aliphatic heterocycles. The molecule has 0 fully saturated rings. The van der Waals surface area contributed by atoms with E-state index >= 15 is 0 Å². The van der Waals surface area contributed by atoms with Crippen LogP contribution in [0, 0.1) is 6.92 Å². The fourth-order valence-electron chi connectivity index (χ4n) is 1.99. The Labute approximate surface area is 120 Å². The minimum absolute atomic E-state index is 0.154. The van der Waals surface area contributed by atoms with Gasteiger partial charge in [-0.15, -0.1) is 11.3 Å². The Morgan fingerprint density at radius 1 is 1.20 bits per heavy atom. The van der Waals surface area contributed by atoms with Crippen LogP contribution in [0.5, 0.6) is 11.6 Å². The lowest BCUT2D eigenvalue weighted by Crippen LogP contribution is -1.92. The van der Waals surface area contributed by atoms with Crippen molar-refractivity contribution in [3.05, 3.63) is 47.1 Å². The van der Waals surface area contributed by atoms with Gasteiger partial charge >= 0.3 is 0 Å². The van der Waals surface area contributed by atoms with E-state index in [0.717, 1.165) is 27.1 Å². The lowest BCUT2D eigenvalue weighted by Gasteiger charge is -2.06. The maximum atomic E-state index is 8.90. The molecule has 0 aliphatic rings. The summed E-state index contributed by atoms with van der Waals surface area (Å²) in [6, 6.07) is 7.67. The van der Waals surface area contributed by atoms with Crippen molar-refractivity contribution in [3.8, 4) is 11.6 Å². The lowest BCUT2D eigenvalue weighted by molar-refractivity contribution is 0.299. The smallest absolute Gasteiger partial charge is 0.240 e. The van der Waals surface area contributed by atoms with Crippen LogP contribution in [0.15, 0.2) is 36.0 Å². The highest BCUT2D eigenvalue weighted by Gasteiger charge is 2.10.